The van der Waals surface area contributed by atoms with Gasteiger partial charge in [-0.25, -0.2) is 4.98 Å². The number of aromatic nitrogens is 1. The van der Waals surface area contributed by atoms with Gasteiger partial charge in [0, 0.05) is 11.8 Å². The number of carboxylic acids is 1. The Hall–Kier alpha value is -3.07. The van der Waals surface area contributed by atoms with Crippen molar-refractivity contribution in [3.8, 4) is 0 Å². The SMILES string of the molecule is CC(C)(OC1=COC(Cc2ccccc2)O1)C(=O)Nc1nc(CC(=O)O)cs1. The van der Waals surface area contributed by atoms with E-state index in [2.05, 4.69) is 10.3 Å². The monoisotopic (exact) mass is 404 g/mol. The molecule has 1 aliphatic rings. The lowest BCUT2D eigenvalue weighted by molar-refractivity contribution is -0.144. The third-order valence-corrected chi connectivity index (χ3v) is 4.62. The van der Waals surface area contributed by atoms with E-state index in [0.29, 0.717) is 17.2 Å². The number of carboxylic acid groups (broad SMARTS) is 1. The van der Waals surface area contributed by atoms with Gasteiger partial charge in [0.2, 0.25) is 6.29 Å². The van der Waals surface area contributed by atoms with Crippen molar-refractivity contribution in [2.24, 2.45) is 0 Å². The van der Waals surface area contributed by atoms with Crippen molar-refractivity contribution in [1.29, 1.82) is 0 Å². The number of thiazole rings is 1. The van der Waals surface area contributed by atoms with E-state index in [1.165, 1.54) is 6.26 Å². The summed E-state index contributed by atoms with van der Waals surface area (Å²) in [6.45, 7) is 3.17. The molecule has 148 valence electrons. The minimum atomic E-state index is -1.25. The van der Waals surface area contributed by atoms with Gasteiger partial charge < -0.3 is 19.3 Å². The van der Waals surface area contributed by atoms with Crippen LogP contribution in [-0.2, 0) is 36.6 Å². The molecule has 1 aromatic carbocycles. The Balaban J connectivity index is 1.52. The summed E-state index contributed by atoms with van der Waals surface area (Å²) in [4.78, 5) is 27.3. The summed E-state index contributed by atoms with van der Waals surface area (Å²) < 4.78 is 16.7. The Morgan fingerprint density at radius 1 is 1.32 bits per heavy atom. The summed E-state index contributed by atoms with van der Waals surface area (Å²) in [5, 5.41) is 13.3. The van der Waals surface area contributed by atoms with Gasteiger partial charge in [-0.05, 0) is 19.4 Å². The number of benzene rings is 1. The zero-order valence-corrected chi connectivity index (χ0v) is 16.2. The first-order valence-corrected chi connectivity index (χ1v) is 9.42. The van der Waals surface area contributed by atoms with Crippen molar-refractivity contribution in [3.63, 3.8) is 0 Å². The van der Waals surface area contributed by atoms with Gasteiger partial charge in [0.15, 0.2) is 17.0 Å². The molecular formula is C19H20N2O6S. The van der Waals surface area contributed by atoms with Crippen molar-refractivity contribution in [2.45, 2.75) is 38.6 Å². The van der Waals surface area contributed by atoms with Crippen molar-refractivity contribution >= 4 is 28.3 Å². The van der Waals surface area contributed by atoms with Gasteiger partial charge >= 0.3 is 11.9 Å². The van der Waals surface area contributed by atoms with E-state index < -0.39 is 23.8 Å². The van der Waals surface area contributed by atoms with Crippen LogP contribution in [0.15, 0.2) is 47.9 Å². The van der Waals surface area contributed by atoms with Gasteiger partial charge in [0.05, 0.1) is 12.1 Å². The number of aliphatic carboxylic acids is 1. The van der Waals surface area contributed by atoms with Crippen LogP contribution < -0.4 is 5.32 Å². The topological polar surface area (TPSA) is 107 Å². The third-order valence-electron chi connectivity index (χ3n) is 3.82. The molecule has 2 aromatic rings. The summed E-state index contributed by atoms with van der Waals surface area (Å²) in [5.74, 6) is -1.31. The quantitative estimate of drug-likeness (QED) is 0.697. The highest BCUT2D eigenvalue weighted by molar-refractivity contribution is 7.13. The number of amides is 1. The van der Waals surface area contributed by atoms with Crippen LogP contribution in [0.2, 0.25) is 0 Å². The summed E-state index contributed by atoms with van der Waals surface area (Å²) in [6, 6.07) is 9.73. The Morgan fingerprint density at radius 3 is 2.79 bits per heavy atom. The van der Waals surface area contributed by atoms with E-state index >= 15 is 0 Å². The molecule has 1 amide bonds. The molecule has 0 bridgehead atoms. The molecule has 9 heteroatoms. The minimum absolute atomic E-state index is 0.117. The molecule has 0 saturated carbocycles. The number of carbonyl (C=O) groups is 2. The fraction of sp³-hybridized carbons (Fsp3) is 0.316. The molecule has 28 heavy (non-hydrogen) atoms. The second kappa shape index (κ2) is 8.30. The number of carbonyl (C=O) groups excluding carboxylic acids is 1. The highest BCUT2D eigenvalue weighted by Gasteiger charge is 2.34. The summed E-state index contributed by atoms with van der Waals surface area (Å²) >= 11 is 1.15. The predicted octanol–water partition coefficient (Wildman–Crippen LogP) is 2.92. The van der Waals surface area contributed by atoms with E-state index in [1.54, 1.807) is 19.2 Å². The van der Waals surface area contributed by atoms with Crippen LogP contribution in [0.25, 0.3) is 0 Å². The Bertz CT molecular complexity index is 878. The Labute approximate surface area is 165 Å². The minimum Gasteiger partial charge on any atom is -0.481 e. The van der Waals surface area contributed by atoms with Crippen molar-refractivity contribution in [3.05, 3.63) is 59.2 Å². The molecule has 1 unspecified atom stereocenters. The molecule has 2 heterocycles. The molecule has 1 aromatic heterocycles. The van der Waals surface area contributed by atoms with Gasteiger partial charge in [0.1, 0.15) is 0 Å². The van der Waals surface area contributed by atoms with E-state index in [9.17, 15) is 9.59 Å². The molecular weight excluding hydrogens is 384 g/mol. The van der Waals surface area contributed by atoms with Gasteiger partial charge in [-0.3, -0.25) is 14.9 Å². The predicted molar refractivity (Wildman–Crippen MR) is 101 cm³/mol. The molecule has 0 spiro atoms. The Morgan fingerprint density at radius 2 is 2.07 bits per heavy atom. The fourth-order valence-corrected chi connectivity index (χ4v) is 3.11. The third kappa shape index (κ3) is 5.23. The largest absolute Gasteiger partial charge is 0.481 e. The van der Waals surface area contributed by atoms with Crippen molar-refractivity contribution in [2.75, 3.05) is 5.32 Å². The molecule has 2 N–H and O–H groups in total. The first-order valence-electron chi connectivity index (χ1n) is 8.55. The van der Waals surface area contributed by atoms with Crippen molar-refractivity contribution in [1.82, 2.24) is 4.98 Å². The number of ether oxygens (including phenoxy) is 3. The van der Waals surface area contributed by atoms with Crippen LogP contribution in [0, 0.1) is 0 Å². The zero-order chi connectivity index (χ0) is 20.1. The fourth-order valence-electron chi connectivity index (χ4n) is 2.41. The molecule has 1 atom stereocenters. The maximum atomic E-state index is 12.5. The van der Waals surface area contributed by atoms with Crippen LogP contribution in [-0.4, -0.2) is 33.9 Å². The molecule has 8 nitrogen and oxygen atoms in total. The molecule has 0 saturated heterocycles. The lowest BCUT2D eigenvalue weighted by Gasteiger charge is -2.24. The molecule has 0 aliphatic carbocycles. The maximum absolute atomic E-state index is 12.5. The summed E-state index contributed by atoms with van der Waals surface area (Å²) in [6.07, 6.45) is 1.17. The number of hydrogen-bond donors (Lipinski definition) is 2. The smallest absolute Gasteiger partial charge is 0.319 e. The number of rotatable bonds is 8. The average molecular weight is 404 g/mol. The van der Waals surface area contributed by atoms with E-state index in [-0.39, 0.29) is 12.4 Å². The zero-order valence-electron chi connectivity index (χ0n) is 15.4. The number of nitrogens with one attached hydrogen (secondary N) is 1. The number of nitrogens with zero attached hydrogens (tertiary/aromatic N) is 1. The highest BCUT2D eigenvalue weighted by Crippen LogP contribution is 2.25. The summed E-state index contributed by atoms with van der Waals surface area (Å²) in [5.41, 5.74) is 0.181. The van der Waals surface area contributed by atoms with Crippen molar-refractivity contribution < 1.29 is 28.9 Å². The highest BCUT2D eigenvalue weighted by atomic mass is 32.1. The number of anilines is 1. The van der Waals surface area contributed by atoms with Gasteiger partial charge in [-0.15, -0.1) is 11.3 Å². The second-order valence-corrected chi connectivity index (χ2v) is 7.45. The maximum Gasteiger partial charge on any atom is 0.319 e. The van der Waals surface area contributed by atoms with E-state index in [4.69, 9.17) is 19.3 Å². The van der Waals surface area contributed by atoms with Crippen LogP contribution in [0.4, 0.5) is 5.13 Å². The number of hydrogen-bond acceptors (Lipinski definition) is 7. The van der Waals surface area contributed by atoms with E-state index in [0.717, 1.165) is 16.9 Å². The normalized spacial score (nSPS) is 15.9. The van der Waals surface area contributed by atoms with Gasteiger partial charge in [0.25, 0.3) is 5.91 Å². The van der Waals surface area contributed by atoms with E-state index in [1.807, 2.05) is 30.3 Å². The lowest BCUT2D eigenvalue weighted by atomic mass is 10.1. The standard InChI is InChI=1S/C19H20N2O6S/c1-19(2,17(24)21-18-20-13(11-28-18)9-14(22)23)27-16-10-25-15(26-16)8-12-6-4-3-5-7-12/h3-7,10-11,15H,8-9H2,1-2H3,(H,22,23)(H,20,21,24). The first kappa shape index (κ1) is 19.7. The Kier molecular flexibility index (Phi) is 5.84. The van der Waals surface area contributed by atoms with Crippen LogP contribution >= 0.6 is 11.3 Å². The van der Waals surface area contributed by atoms with Gasteiger partial charge in [-0.1, -0.05) is 30.3 Å². The second-order valence-electron chi connectivity index (χ2n) is 6.59. The summed E-state index contributed by atoms with van der Waals surface area (Å²) in [7, 11) is 0. The van der Waals surface area contributed by atoms with Crippen LogP contribution in [0.3, 0.4) is 0 Å². The first-order chi connectivity index (χ1) is 13.3. The van der Waals surface area contributed by atoms with Crippen LogP contribution in [0.1, 0.15) is 25.1 Å². The molecule has 1 aliphatic heterocycles. The van der Waals surface area contributed by atoms with Gasteiger partial charge in [-0.2, -0.15) is 0 Å². The lowest BCUT2D eigenvalue weighted by Crippen LogP contribution is -2.39. The molecule has 3 rings (SSSR count). The molecule has 0 radical (unpaired) electrons. The molecule has 0 fully saturated rings. The van der Waals surface area contributed by atoms with Crippen LogP contribution in [0.5, 0.6) is 0 Å². The average Bonchev–Trinajstić information content (AvgIpc) is 3.24.